The van der Waals surface area contributed by atoms with E-state index >= 15 is 0 Å². The van der Waals surface area contributed by atoms with Gasteiger partial charge < -0.3 is 5.32 Å². The van der Waals surface area contributed by atoms with Gasteiger partial charge in [0.2, 0.25) is 0 Å². The summed E-state index contributed by atoms with van der Waals surface area (Å²) in [6.45, 7) is 10.8. The predicted octanol–water partition coefficient (Wildman–Crippen LogP) is 3.31. The second-order valence-electron chi connectivity index (χ2n) is 5.07. The van der Waals surface area contributed by atoms with Gasteiger partial charge in [0.15, 0.2) is 0 Å². The zero-order valence-electron chi connectivity index (χ0n) is 12.5. The number of nitrogens with zero attached hydrogens (tertiary/aromatic N) is 2. The first kappa shape index (κ1) is 15.2. The van der Waals surface area contributed by atoms with E-state index in [1.54, 1.807) is 0 Å². The van der Waals surface area contributed by atoms with Gasteiger partial charge in [-0.3, -0.25) is 4.68 Å². The van der Waals surface area contributed by atoms with Gasteiger partial charge in [-0.25, -0.2) is 0 Å². The van der Waals surface area contributed by atoms with Crippen LogP contribution in [0, 0.1) is 6.92 Å². The van der Waals surface area contributed by atoms with Crippen molar-refractivity contribution in [2.45, 2.75) is 72.4 Å². The summed E-state index contributed by atoms with van der Waals surface area (Å²) in [5, 5.41) is 8.17. The lowest BCUT2D eigenvalue weighted by Crippen LogP contribution is -2.30. The van der Waals surface area contributed by atoms with Crippen LogP contribution >= 0.6 is 0 Å². The van der Waals surface area contributed by atoms with Crippen molar-refractivity contribution in [1.29, 1.82) is 0 Å². The van der Waals surface area contributed by atoms with Crippen LogP contribution in [-0.2, 0) is 13.0 Å². The Balaban J connectivity index is 2.49. The van der Waals surface area contributed by atoms with E-state index in [2.05, 4.69) is 48.9 Å². The van der Waals surface area contributed by atoms with Crippen molar-refractivity contribution in [3.63, 3.8) is 0 Å². The van der Waals surface area contributed by atoms with Gasteiger partial charge in [0.25, 0.3) is 0 Å². The number of hydrogen-bond acceptors (Lipinski definition) is 2. The lowest BCUT2D eigenvalue weighted by atomic mass is 10.0. The quantitative estimate of drug-likeness (QED) is 0.729. The summed E-state index contributed by atoms with van der Waals surface area (Å²) >= 11 is 0. The van der Waals surface area contributed by atoms with Gasteiger partial charge in [0.05, 0.1) is 5.69 Å². The first-order chi connectivity index (χ1) is 8.71. The number of aromatic nitrogens is 2. The van der Waals surface area contributed by atoms with Crippen molar-refractivity contribution in [3.05, 3.63) is 17.5 Å². The highest BCUT2D eigenvalue weighted by Gasteiger charge is 2.09. The molecule has 0 radical (unpaired) electrons. The molecule has 1 atom stereocenters. The van der Waals surface area contributed by atoms with Crippen molar-refractivity contribution in [3.8, 4) is 0 Å². The largest absolute Gasteiger partial charge is 0.314 e. The van der Waals surface area contributed by atoms with Gasteiger partial charge in [-0.1, -0.05) is 20.3 Å². The van der Waals surface area contributed by atoms with Crippen molar-refractivity contribution in [2.24, 2.45) is 0 Å². The van der Waals surface area contributed by atoms with Crippen LogP contribution in [0.4, 0.5) is 0 Å². The van der Waals surface area contributed by atoms with Gasteiger partial charge in [-0.15, -0.1) is 0 Å². The van der Waals surface area contributed by atoms with Crippen LogP contribution < -0.4 is 5.32 Å². The molecule has 0 aliphatic rings. The average molecular weight is 251 g/mol. The smallest absolute Gasteiger partial charge is 0.0596 e. The zero-order valence-corrected chi connectivity index (χ0v) is 12.5. The van der Waals surface area contributed by atoms with Crippen molar-refractivity contribution >= 4 is 0 Å². The summed E-state index contributed by atoms with van der Waals surface area (Å²) in [6.07, 6.45) is 6.11. The molecule has 0 saturated heterocycles. The van der Waals surface area contributed by atoms with Gasteiger partial charge >= 0.3 is 0 Å². The summed E-state index contributed by atoms with van der Waals surface area (Å²) in [6, 6.07) is 2.89. The molecule has 1 aromatic heterocycles. The Morgan fingerprint density at radius 2 is 2.00 bits per heavy atom. The van der Waals surface area contributed by atoms with E-state index in [9.17, 15) is 0 Å². The molecule has 3 nitrogen and oxygen atoms in total. The van der Waals surface area contributed by atoms with Crippen molar-refractivity contribution < 1.29 is 0 Å². The minimum atomic E-state index is 0.662. The van der Waals surface area contributed by atoms with Crippen LogP contribution in [0.3, 0.4) is 0 Å². The maximum Gasteiger partial charge on any atom is 0.0596 e. The maximum absolute atomic E-state index is 4.51. The fourth-order valence-corrected chi connectivity index (χ4v) is 2.44. The minimum Gasteiger partial charge on any atom is -0.314 e. The van der Waals surface area contributed by atoms with Gasteiger partial charge in [0, 0.05) is 18.3 Å². The normalized spacial score (nSPS) is 12.9. The molecule has 0 bridgehead atoms. The SMILES string of the molecule is CCCNC(CCC)CCc1cc(C)nn1CC. The third-order valence-corrected chi connectivity index (χ3v) is 3.35. The van der Waals surface area contributed by atoms with Crippen LogP contribution in [0.2, 0.25) is 0 Å². The Hall–Kier alpha value is -0.830. The molecule has 0 spiro atoms. The van der Waals surface area contributed by atoms with E-state index in [0.717, 1.165) is 25.2 Å². The standard InChI is InChI=1S/C15H29N3/c1-5-8-14(16-11-6-2)9-10-15-12-13(4)17-18(15)7-3/h12,14,16H,5-11H2,1-4H3. The highest BCUT2D eigenvalue weighted by Crippen LogP contribution is 2.11. The van der Waals surface area contributed by atoms with Gasteiger partial charge in [-0.2, -0.15) is 5.10 Å². The molecule has 0 amide bonds. The summed E-state index contributed by atoms with van der Waals surface area (Å²) in [5.74, 6) is 0. The van der Waals surface area contributed by atoms with Gasteiger partial charge in [0.1, 0.15) is 0 Å². The molecular weight excluding hydrogens is 222 g/mol. The van der Waals surface area contributed by atoms with Crippen LogP contribution in [-0.4, -0.2) is 22.4 Å². The maximum atomic E-state index is 4.51. The molecule has 18 heavy (non-hydrogen) atoms. The van der Waals surface area contributed by atoms with Crippen LogP contribution in [0.1, 0.15) is 57.8 Å². The highest BCUT2D eigenvalue weighted by atomic mass is 15.3. The van der Waals surface area contributed by atoms with Crippen LogP contribution in [0.15, 0.2) is 6.07 Å². The van der Waals surface area contributed by atoms with E-state index in [-0.39, 0.29) is 0 Å². The molecule has 0 aliphatic carbocycles. The molecule has 0 aromatic carbocycles. The third kappa shape index (κ3) is 4.81. The lowest BCUT2D eigenvalue weighted by molar-refractivity contribution is 0.442. The van der Waals surface area contributed by atoms with E-state index in [0.29, 0.717) is 6.04 Å². The summed E-state index contributed by atoms with van der Waals surface area (Å²) < 4.78 is 2.14. The Bertz CT molecular complexity index is 330. The molecule has 0 aliphatic heterocycles. The molecule has 1 N–H and O–H groups in total. The Labute approximate surface area is 112 Å². The number of hydrogen-bond donors (Lipinski definition) is 1. The third-order valence-electron chi connectivity index (χ3n) is 3.35. The molecule has 1 aromatic rings. The summed E-state index contributed by atoms with van der Waals surface area (Å²) in [5.41, 5.74) is 2.52. The second-order valence-corrected chi connectivity index (χ2v) is 5.07. The monoisotopic (exact) mass is 251 g/mol. The fourth-order valence-electron chi connectivity index (χ4n) is 2.44. The Kier molecular flexibility index (Phi) is 7.02. The summed E-state index contributed by atoms with van der Waals surface area (Å²) in [4.78, 5) is 0. The van der Waals surface area contributed by atoms with E-state index < -0.39 is 0 Å². The number of nitrogens with one attached hydrogen (secondary N) is 1. The molecule has 1 unspecified atom stereocenters. The molecule has 3 heteroatoms. The Morgan fingerprint density at radius 3 is 2.61 bits per heavy atom. The zero-order chi connectivity index (χ0) is 13.4. The van der Waals surface area contributed by atoms with Gasteiger partial charge in [-0.05, 0) is 52.1 Å². The van der Waals surface area contributed by atoms with Crippen molar-refractivity contribution in [1.82, 2.24) is 15.1 Å². The Morgan fingerprint density at radius 1 is 1.22 bits per heavy atom. The average Bonchev–Trinajstić information content (AvgIpc) is 2.73. The first-order valence-electron chi connectivity index (χ1n) is 7.47. The van der Waals surface area contributed by atoms with Crippen LogP contribution in [0.5, 0.6) is 0 Å². The molecular formula is C15H29N3. The second kappa shape index (κ2) is 8.30. The predicted molar refractivity (Wildman–Crippen MR) is 77.9 cm³/mol. The van der Waals surface area contributed by atoms with Crippen LogP contribution in [0.25, 0.3) is 0 Å². The molecule has 1 rings (SSSR count). The van der Waals surface area contributed by atoms with E-state index in [4.69, 9.17) is 0 Å². The number of rotatable bonds is 9. The molecule has 1 heterocycles. The lowest BCUT2D eigenvalue weighted by Gasteiger charge is -2.17. The summed E-state index contributed by atoms with van der Waals surface area (Å²) in [7, 11) is 0. The molecule has 104 valence electrons. The topological polar surface area (TPSA) is 29.9 Å². The number of aryl methyl sites for hydroxylation is 3. The molecule has 0 saturated carbocycles. The van der Waals surface area contributed by atoms with E-state index in [1.165, 1.54) is 31.4 Å². The molecule has 0 fully saturated rings. The van der Waals surface area contributed by atoms with Crippen molar-refractivity contribution in [2.75, 3.05) is 6.54 Å². The van der Waals surface area contributed by atoms with E-state index in [1.807, 2.05) is 0 Å². The fraction of sp³-hybridized carbons (Fsp3) is 0.800. The highest BCUT2D eigenvalue weighted by molar-refractivity contribution is 5.09. The first-order valence-corrected chi connectivity index (χ1v) is 7.47. The minimum absolute atomic E-state index is 0.662.